The highest BCUT2D eigenvalue weighted by atomic mass is 28.3. The van der Waals surface area contributed by atoms with Crippen molar-refractivity contribution < 1.29 is 0 Å². The van der Waals surface area contributed by atoms with Crippen molar-refractivity contribution >= 4 is 8.07 Å². The molecule has 0 aliphatic rings. The van der Waals surface area contributed by atoms with Crippen LogP contribution in [0.15, 0.2) is 60.7 Å². The molecule has 0 fully saturated rings. The lowest BCUT2D eigenvalue weighted by Gasteiger charge is -2.35. The van der Waals surface area contributed by atoms with Crippen LogP contribution in [-0.4, -0.2) is 19.0 Å². The van der Waals surface area contributed by atoms with Crippen LogP contribution in [0.4, 0.5) is 0 Å². The first-order chi connectivity index (χ1) is 11.9. The van der Waals surface area contributed by atoms with E-state index in [2.05, 4.69) is 98.0 Å². The summed E-state index contributed by atoms with van der Waals surface area (Å²) >= 11 is 0. The third kappa shape index (κ3) is 6.53. The Bertz CT molecular complexity index is 625. The van der Waals surface area contributed by atoms with Gasteiger partial charge in [-0.05, 0) is 17.0 Å². The zero-order chi connectivity index (χ0) is 18.3. The molecule has 132 valence electrons. The molecule has 25 heavy (non-hydrogen) atoms. The summed E-state index contributed by atoms with van der Waals surface area (Å²) in [5.41, 5.74) is 2.64. The Morgan fingerprint density at radius 2 is 1.32 bits per heavy atom. The molecule has 2 atom stereocenters. The van der Waals surface area contributed by atoms with Gasteiger partial charge in [-0.2, -0.15) is 0 Å². The first-order valence-electron chi connectivity index (χ1n) is 9.17. The molecular weight excluding hydrogens is 318 g/mol. The van der Waals surface area contributed by atoms with Crippen molar-refractivity contribution in [2.75, 3.05) is 0 Å². The third-order valence-electron chi connectivity index (χ3n) is 4.49. The second-order valence-electron chi connectivity index (χ2n) is 8.23. The van der Waals surface area contributed by atoms with E-state index in [0.29, 0.717) is 5.92 Å². The molecule has 2 rings (SSSR count). The van der Waals surface area contributed by atoms with E-state index in [1.54, 1.807) is 0 Å². The second kappa shape index (κ2) is 9.04. The predicted octanol–water partition coefficient (Wildman–Crippen LogP) is 5.66. The van der Waals surface area contributed by atoms with E-state index < -0.39 is 8.07 Å². The molecule has 0 aliphatic carbocycles. The molecule has 0 bridgehead atoms. The van der Waals surface area contributed by atoms with Crippen LogP contribution < -0.4 is 0 Å². The minimum absolute atomic E-state index is 0.159. The fourth-order valence-corrected chi connectivity index (χ4v) is 5.75. The first-order valence-corrected chi connectivity index (χ1v) is 12.9. The summed E-state index contributed by atoms with van der Waals surface area (Å²) in [4.78, 5) is 2.47. The van der Waals surface area contributed by atoms with Crippen molar-refractivity contribution in [3.8, 4) is 12.3 Å². The standard InChI is InChI=1S/C23H31NSi/c1-6-23(20(2)19-25(3,4)5)24(17-21-13-9-7-10-14-21)18-22-15-11-8-12-16-22/h1,7-16,20,23H,17-19H2,2-5H3. The summed E-state index contributed by atoms with van der Waals surface area (Å²) in [6.07, 6.45) is 6.02. The van der Waals surface area contributed by atoms with Gasteiger partial charge in [-0.3, -0.25) is 4.90 Å². The minimum atomic E-state index is -1.15. The maximum absolute atomic E-state index is 6.02. The van der Waals surface area contributed by atoms with Crippen LogP contribution in [0.1, 0.15) is 18.1 Å². The van der Waals surface area contributed by atoms with Crippen molar-refractivity contribution in [2.24, 2.45) is 5.92 Å². The van der Waals surface area contributed by atoms with Crippen molar-refractivity contribution in [2.45, 2.75) is 51.7 Å². The molecule has 2 aromatic rings. The zero-order valence-corrected chi connectivity index (χ0v) is 17.1. The Balaban J connectivity index is 2.23. The molecule has 0 heterocycles. The van der Waals surface area contributed by atoms with Gasteiger partial charge in [-0.25, -0.2) is 0 Å². The molecule has 0 N–H and O–H groups in total. The van der Waals surface area contributed by atoms with Crippen molar-refractivity contribution in [3.63, 3.8) is 0 Å². The Kier molecular flexibility index (Phi) is 7.05. The first kappa shape index (κ1) is 19.5. The Morgan fingerprint density at radius 1 is 0.880 bits per heavy atom. The number of terminal acetylenes is 1. The van der Waals surface area contributed by atoms with Crippen LogP contribution in [0.2, 0.25) is 25.7 Å². The van der Waals surface area contributed by atoms with Crippen molar-refractivity contribution in [3.05, 3.63) is 71.8 Å². The van der Waals surface area contributed by atoms with Gasteiger partial charge in [-0.15, -0.1) is 6.42 Å². The normalized spacial score (nSPS) is 14.1. The van der Waals surface area contributed by atoms with Crippen molar-refractivity contribution in [1.82, 2.24) is 4.90 Å². The summed E-state index contributed by atoms with van der Waals surface area (Å²) in [7, 11) is -1.15. The van der Waals surface area contributed by atoms with Gasteiger partial charge in [0, 0.05) is 21.2 Å². The number of benzene rings is 2. The lowest BCUT2D eigenvalue weighted by Crippen LogP contribution is -2.40. The molecule has 2 heteroatoms. The van der Waals surface area contributed by atoms with E-state index in [1.165, 1.54) is 17.2 Å². The molecule has 0 saturated heterocycles. The molecule has 0 radical (unpaired) electrons. The van der Waals surface area contributed by atoms with Gasteiger partial charge >= 0.3 is 0 Å². The van der Waals surface area contributed by atoms with Gasteiger partial charge in [0.05, 0.1) is 6.04 Å². The van der Waals surface area contributed by atoms with Crippen LogP contribution >= 0.6 is 0 Å². The topological polar surface area (TPSA) is 3.24 Å². The van der Waals surface area contributed by atoms with Gasteiger partial charge < -0.3 is 0 Å². The fourth-order valence-electron chi connectivity index (χ4n) is 3.60. The maximum Gasteiger partial charge on any atom is 0.0740 e. The number of nitrogens with zero attached hydrogens (tertiary/aromatic N) is 1. The smallest absolute Gasteiger partial charge is 0.0740 e. The molecule has 0 saturated carbocycles. The molecule has 2 unspecified atom stereocenters. The lowest BCUT2D eigenvalue weighted by molar-refractivity contribution is 0.179. The van der Waals surface area contributed by atoms with Gasteiger partial charge in [0.25, 0.3) is 0 Å². The Hall–Kier alpha value is -1.82. The van der Waals surface area contributed by atoms with Crippen LogP contribution in [0, 0.1) is 18.3 Å². The van der Waals surface area contributed by atoms with E-state index in [1.807, 2.05) is 0 Å². The van der Waals surface area contributed by atoms with Gasteiger partial charge in [0.1, 0.15) is 0 Å². The molecule has 2 aromatic carbocycles. The molecule has 0 spiro atoms. The van der Waals surface area contributed by atoms with E-state index >= 15 is 0 Å². The summed E-state index contributed by atoms with van der Waals surface area (Å²) < 4.78 is 0. The van der Waals surface area contributed by atoms with Gasteiger partial charge in [0.15, 0.2) is 0 Å². The number of hydrogen-bond donors (Lipinski definition) is 0. The summed E-state index contributed by atoms with van der Waals surface area (Å²) in [6, 6.07) is 22.7. The number of hydrogen-bond acceptors (Lipinski definition) is 1. The summed E-state index contributed by atoms with van der Waals surface area (Å²) in [5.74, 6) is 3.62. The van der Waals surface area contributed by atoms with Crippen molar-refractivity contribution in [1.29, 1.82) is 0 Å². The predicted molar refractivity (Wildman–Crippen MR) is 112 cm³/mol. The van der Waals surface area contributed by atoms with Crippen LogP contribution in [0.5, 0.6) is 0 Å². The molecule has 0 aliphatic heterocycles. The summed E-state index contributed by atoms with van der Waals surface area (Å²) in [5, 5.41) is 0. The zero-order valence-electron chi connectivity index (χ0n) is 16.1. The maximum atomic E-state index is 6.02. The Labute approximate surface area is 155 Å². The summed E-state index contributed by atoms with van der Waals surface area (Å²) in [6.45, 7) is 11.4. The highest BCUT2D eigenvalue weighted by Crippen LogP contribution is 2.25. The SMILES string of the molecule is C#CC(C(C)C[Si](C)(C)C)N(Cc1ccccc1)Cc1ccccc1. The molecule has 1 nitrogen and oxygen atoms in total. The highest BCUT2D eigenvalue weighted by molar-refractivity contribution is 6.76. The van der Waals surface area contributed by atoms with E-state index in [4.69, 9.17) is 6.42 Å². The molecule has 0 amide bonds. The lowest BCUT2D eigenvalue weighted by atomic mass is 10.0. The molecular formula is C23H31NSi. The van der Waals surface area contributed by atoms with E-state index in [0.717, 1.165) is 13.1 Å². The largest absolute Gasteiger partial charge is 0.281 e. The third-order valence-corrected chi connectivity index (χ3v) is 6.36. The van der Waals surface area contributed by atoms with E-state index in [9.17, 15) is 0 Å². The number of rotatable bonds is 8. The average molecular weight is 350 g/mol. The Morgan fingerprint density at radius 3 is 1.68 bits per heavy atom. The monoisotopic (exact) mass is 349 g/mol. The van der Waals surface area contributed by atoms with E-state index in [-0.39, 0.29) is 6.04 Å². The fraction of sp³-hybridized carbons (Fsp3) is 0.391. The molecule has 0 aromatic heterocycles. The van der Waals surface area contributed by atoms with Crippen LogP contribution in [0.3, 0.4) is 0 Å². The second-order valence-corrected chi connectivity index (χ2v) is 13.8. The minimum Gasteiger partial charge on any atom is -0.281 e. The van der Waals surface area contributed by atoms with Crippen LogP contribution in [-0.2, 0) is 13.1 Å². The van der Waals surface area contributed by atoms with Gasteiger partial charge in [0.2, 0.25) is 0 Å². The van der Waals surface area contributed by atoms with Crippen LogP contribution in [0.25, 0.3) is 0 Å². The quantitative estimate of drug-likeness (QED) is 0.439. The average Bonchev–Trinajstić information content (AvgIpc) is 2.55. The highest BCUT2D eigenvalue weighted by Gasteiger charge is 2.27. The van der Waals surface area contributed by atoms with Gasteiger partial charge in [-0.1, -0.05) is 99.2 Å².